The van der Waals surface area contributed by atoms with E-state index in [9.17, 15) is 23.7 Å². The SMILES string of the molecule is O=C(CS(=O)[O-])Oc1ccc([N+](=O)[O-])cc1. The van der Waals surface area contributed by atoms with Gasteiger partial charge in [0.05, 0.1) is 4.92 Å². The Hall–Kier alpha value is -1.80. The van der Waals surface area contributed by atoms with Gasteiger partial charge in [-0.3, -0.25) is 19.1 Å². The summed E-state index contributed by atoms with van der Waals surface area (Å²) in [5, 5.41) is 10.3. The van der Waals surface area contributed by atoms with Crippen LogP contribution in [-0.4, -0.2) is 25.4 Å². The topological polar surface area (TPSA) is 110 Å². The van der Waals surface area contributed by atoms with Crippen LogP contribution in [0.5, 0.6) is 5.75 Å². The van der Waals surface area contributed by atoms with Crippen LogP contribution < -0.4 is 4.74 Å². The maximum atomic E-state index is 10.9. The second kappa shape index (κ2) is 5.33. The lowest BCUT2D eigenvalue weighted by Gasteiger charge is -2.05. The third kappa shape index (κ3) is 3.75. The van der Waals surface area contributed by atoms with Crippen LogP contribution in [0.4, 0.5) is 5.69 Å². The molecule has 1 aromatic carbocycles. The Morgan fingerprint density at radius 1 is 1.38 bits per heavy atom. The molecule has 0 bridgehead atoms. The Bertz CT molecular complexity index is 429. The Kier molecular flexibility index (Phi) is 4.09. The van der Waals surface area contributed by atoms with Crippen molar-refractivity contribution in [2.75, 3.05) is 5.75 Å². The minimum Gasteiger partial charge on any atom is -0.772 e. The third-order valence-corrected chi connectivity index (χ3v) is 1.99. The molecule has 16 heavy (non-hydrogen) atoms. The molecule has 0 aliphatic carbocycles. The van der Waals surface area contributed by atoms with E-state index in [1.807, 2.05) is 0 Å². The predicted octanol–water partition coefficient (Wildman–Crippen LogP) is 0.379. The zero-order valence-corrected chi connectivity index (χ0v) is 8.64. The summed E-state index contributed by atoms with van der Waals surface area (Å²) in [7, 11) is 0. The van der Waals surface area contributed by atoms with Crippen LogP contribution in [0.2, 0.25) is 0 Å². The second-order valence-electron chi connectivity index (χ2n) is 2.67. The van der Waals surface area contributed by atoms with E-state index in [4.69, 9.17) is 0 Å². The largest absolute Gasteiger partial charge is 0.772 e. The highest BCUT2D eigenvalue weighted by Gasteiger charge is 2.07. The van der Waals surface area contributed by atoms with E-state index >= 15 is 0 Å². The molecular formula is C8H6NO6S-. The van der Waals surface area contributed by atoms with Gasteiger partial charge in [-0.05, 0) is 23.2 Å². The lowest BCUT2D eigenvalue weighted by atomic mass is 10.3. The molecule has 1 atom stereocenters. The minimum absolute atomic E-state index is 0.0565. The number of nitro benzene ring substituents is 1. The summed E-state index contributed by atoms with van der Waals surface area (Å²) in [4.78, 5) is 20.6. The van der Waals surface area contributed by atoms with E-state index < -0.39 is 27.7 Å². The number of hydrogen-bond donors (Lipinski definition) is 0. The van der Waals surface area contributed by atoms with Gasteiger partial charge in [0.15, 0.2) is 0 Å². The highest BCUT2D eigenvalue weighted by atomic mass is 32.2. The summed E-state index contributed by atoms with van der Waals surface area (Å²) < 4.78 is 24.9. The Morgan fingerprint density at radius 2 is 1.94 bits per heavy atom. The lowest BCUT2D eigenvalue weighted by Crippen LogP contribution is -2.16. The van der Waals surface area contributed by atoms with Gasteiger partial charge >= 0.3 is 5.97 Å². The number of nitrogens with zero attached hydrogens (tertiary/aromatic N) is 1. The van der Waals surface area contributed by atoms with Crippen LogP contribution in [0.25, 0.3) is 0 Å². The molecule has 1 unspecified atom stereocenters. The maximum Gasteiger partial charge on any atom is 0.322 e. The number of carbonyl (C=O) groups is 1. The molecule has 0 aromatic heterocycles. The molecule has 0 saturated carbocycles. The Morgan fingerprint density at radius 3 is 2.38 bits per heavy atom. The standard InChI is InChI=1S/C8H7NO6S/c10-8(5-16(13)14)15-7-3-1-6(2-4-7)9(11)12/h1-4H,5H2,(H,13,14)/p-1. The van der Waals surface area contributed by atoms with Crippen molar-refractivity contribution in [1.82, 2.24) is 0 Å². The number of carbonyl (C=O) groups excluding carboxylic acids is 1. The summed E-state index contributed by atoms with van der Waals surface area (Å²) in [5.74, 6) is -1.64. The first-order valence-corrected chi connectivity index (χ1v) is 5.24. The van der Waals surface area contributed by atoms with Crippen molar-refractivity contribution in [3.05, 3.63) is 34.4 Å². The van der Waals surface area contributed by atoms with Crippen molar-refractivity contribution in [3.63, 3.8) is 0 Å². The number of nitro groups is 1. The first-order chi connectivity index (χ1) is 7.49. The molecule has 0 heterocycles. The fraction of sp³-hybridized carbons (Fsp3) is 0.125. The fourth-order valence-corrected chi connectivity index (χ4v) is 1.14. The van der Waals surface area contributed by atoms with Crippen molar-refractivity contribution in [1.29, 1.82) is 0 Å². The number of hydrogen-bond acceptors (Lipinski definition) is 6. The first kappa shape index (κ1) is 12.3. The Balaban J connectivity index is 2.65. The van der Waals surface area contributed by atoms with Gasteiger partial charge in [0.1, 0.15) is 11.5 Å². The molecule has 0 radical (unpaired) electrons. The van der Waals surface area contributed by atoms with Gasteiger partial charge in [0.25, 0.3) is 5.69 Å². The van der Waals surface area contributed by atoms with Crippen molar-refractivity contribution in [2.45, 2.75) is 0 Å². The van der Waals surface area contributed by atoms with Gasteiger partial charge in [0, 0.05) is 12.1 Å². The minimum atomic E-state index is -2.51. The molecule has 86 valence electrons. The molecule has 0 aliphatic heterocycles. The summed E-state index contributed by atoms with van der Waals surface area (Å²) in [6.07, 6.45) is 0. The highest BCUT2D eigenvalue weighted by Crippen LogP contribution is 2.17. The van der Waals surface area contributed by atoms with Gasteiger partial charge in [0.2, 0.25) is 0 Å². The molecule has 0 saturated heterocycles. The smallest absolute Gasteiger partial charge is 0.322 e. The van der Waals surface area contributed by atoms with Crippen molar-refractivity contribution >= 4 is 22.7 Å². The average Bonchev–Trinajstić information content (AvgIpc) is 2.16. The van der Waals surface area contributed by atoms with Gasteiger partial charge in [-0.2, -0.15) is 0 Å². The van der Waals surface area contributed by atoms with E-state index in [2.05, 4.69) is 4.74 Å². The van der Waals surface area contributed by atoms with E-state index in [0.29, 0.717) is 0 Å². The molecule has 0 amide bonds. The third-order valence-electron chi connectivity index (χ3n) is 1.51. The van der Waals surface area contributed by atoms with Crippen LogP contribution in [-0.2, 0) is 15.9 Å². The predicted molar refractivity (Wildman–Crippen MR) is 52.5 cm³/mol. The molecule has 7 nitrogen and oxygen atoms in total. The van der Waals surface area contributed by atoms with E-state index in [1.165, 1.54) is 12.1 Å². The lowest BCUT2D eigenvalue weighted by molar-refractivity contribution is -0.384. The number of rotatable bonds is 4. The molecule has 0 N–H and O–H groups in total. The van der Waals surface area contributed by atoms with Gasteiger partial charge in [-0.1, -0.05) is 0 Å². The number of ether oxygens (including phenoxy) is 1. The number of non-ortho nitro benzene ring substituents is 1. The number of benzene rings is 1. The van der Waals surface area contributed by atoms with Gasteiger partial charge in [-0.15, -0.1) is 0 Å². The number of esters is 1. The van der Waals surface area contributed by atoms with Crippen LogP contribution in [0.1, 0.15) is 0 Å². The second-order valence-corrected chi connectivity index (χ2v) is 3.57. The van der Waals surface area contributed by atoms with Crippen molar-refractivity contribution in [2.24, 2.45) is 0 Å². The average molecular weight is 244 g/mol. The van der Waals surface area contributed by atoms with Crippen molar-refractivity contribution in [3.8, 4) is 5.75 Å². The molecule has 1 aromatic rings. The van der Waals surface area contributed by atoms with Crippen LogP contribution in [0, 0.1) is 10.1 Å². The summed E-state index contributed by atoms with van der Waals surface area (Å²) in [5.41, 5.74) is -0.146. The molecule has 8 heteroatoms. The quantitative estimate of drug-likeness (QED) is 0.249. The van der Waals surface area contributed by atoms with E-state index in [1.54, 1.807) is 0 Å². The van der Waals surface area contributed by atoms with Gasteiger partial charge in [-0.25, -0.2) is 0 Å². The van der Waals surface area contributed by atoms with E-state index in [0.717, 1.165) is 12.1 Å². The first-order valence-electron chi connectivity index (χ1n) is 4.00. The summed E-state index contributed by atoms with van der Waals surface area (Å²) >= 11 is -2.51. The monoisotopic (exact) mass is 244 g/mol. The molecule has 0 fully saturated rings. The van der Waals surface area contributed by atoms with Crippen molar-refractivity contribution < 1.29 is 23.2 Å². The molecule has 0 spiro atoms. The Labute approximate surface area is 92.5 Å². The molecule has 0 aliphatic rings. The van der Waals surface area contributed by atoms with Gasteiger partial charge < -0.3 is 9.29 Å². The van der Waals surface area contributed by atoms with Crippen LogP contribution >= 0.6 is 0 Å². The zero-order chi connectivity index (χ0) is 12.1. The maximum absolute atomic E-state index is 10.9. The normalized spacial score (nSPS) is 11.8. The fourth-order valence-electron chi connectivity index (χ4n) is 0.893. The van der Waals surface area contributed by atoms with Crippen LogP contribution in [0.3, 0.4) is 0 Å². The zero-order valence-electron chi connectivity index (χ0n) is 7.82. The summed E-state index contributed by atoms with van der Waals surface area (Å²) in [6.45, 7) is 0. The molecule has 1 rings (SSSR count). The highest BCUT2D eigenvalue weighted by molar-refractivity contribution is 7.79. The van der Waals surface area contributed by atoms with E-state index in [-0.39, 0.29) is 11.4 Å². The summed E-state index contributed by atoms with van der Waals surface area (Å²) in [6, 6.07) is 4.72. The molecular weight excluding hydrogens is 238 g/mol. The van der Waals surface area contributed by atoms with Crippen LogP contribution in [0.15, 0.2) is 24.3 Å².